The number of fused-ring (bicyclic) bond motifs is 1. The summed E-state index contributed by atoms with van der Waals surface area (Å²) in [6, 6.07) is 7.74. The smallest absolute Gasteiger partial charge is 0.308 e. The molecule has 0 aliphatic carbocycles. The minimum Gasteiger partial charge on any atom is -0.494 e. The molecule has 0 fully saturated rings. The molecule has 0 unspecified atom stereocenters. The molecule has 0 bridgehead atoms. The van der Waals surface area contributed by atoms with E-state index in [1.807, 2.05) is 0 Å². The number of halogens is 1. The molecular formula is C15H9FN2O5. The fourth-order valence-corrected chi connectivity index (χ4v) is 2.42. The van der Waals surface area contributed by atoms with Crippen molar-refractivity contribution in [2.45, 2.75) is 0 Å². The highest BCUT2D eigenvalue weighted by Crippen LogP contribution is 2.38. The first kappa shape index (κ1) is 14.6. The Morgan fingerprint density at radius 1 is 1.13 bits per heavy atom. The van der Waals surface area contributed by atoms with Gasteiger partial charge in [0.15, 0.2) is 0 Å². The molecule has 2 aromatic carbocycles. The second-order valence-electron chi connectivity index (χ2n) is 4.72. The molecule has 0 saturated carbocycles. The Morgan fingerprint density at radius 2 is 1.70 bits per heavy atom. The summed E-state index contributed by atoms with van der Waals surface area (Å²) in [6.45, 7) is 0. The van der Waals surface area contributed by atoms with Crippen LogP contribution in [0.5, 0.6) is 5.75 Å². The predicted octanol–water partition coefficient (Wildman–Crippen LogP) is 2.54. The molecule has 0 saturated heterocycles. The van der Waals surface area contributed by atoms with Gasteiger partial charge in [-0.05, 0) is 12.1 Å². The molecule has 1 heterocycles. The van der Waals surface area contributed by atoms with Crippen molar-refractivity contribution in [3.05, 3.63) is 63.5 Å². The van der Waals surface area contributed by atoms with E-state index in [0.717, 1.165) is 17.0 Å². The van der Waals surface area contributed by atoms with Gasteiger partial charge >= 0.3 is 5.69 Å². The monoisotopic (exact) mass is 316 g/mol. The number of benzene rings is 2. The van der Waals surface area contributed by atoms with Crippen LogP contribution in [0.2, 0.25) is 0 Å². The first-order chi connectivity index (χ1) is 11.0. The highest BCUT2D eigenvalue weighted by Gasteiger charge is 2.38. The average Bonchev–Trinajstić information content (AvgIpc) is 2.78. The molecule has 116 valence electrons. The minimum absolute atomic E-state index is 0.146. The van der Waals surface area contributed by atoms with Crippen molar-refractivity contribution in [2.24, 2.45) is 0 Å². The molecule has 2 amide bonds. The number of ether oxygens (including phenoxy) is 1. The van der Waals surface area contributed by atoms with Gasteiger partial charge < -0.3 is 4.74 Å². The van der Waals surface area contributed by atoms with E-state index in [1.54, 1.807) is 12.1 Å². The zero-order valence-electron chi connectivity index (χ0n) is 11.8. The summed E-state index contributed by atoms with van der Waals surface area (Å²) in [6.07, 6.45) is 0. The van der Waals surface area contributed by atoms with E-state index < -0.39 is 28.2 Å². The van der Waals surface area contributed by atoms with E-state index in [1.165, 1.54) is 19.2 Å². The van der Waals surface area contributed by atoms with E-state index in [0.29, 0.717) is 0 Å². The summed E-state index contributed by atoms with van der Waals surface area (Å²) in [5, 5.41) is 10.8. The number of rotatable bonds is 3. The number of hydrogen-bond acceptors (Lipinski definition) is 5. The van der Waals surface area contributed by atoms with E-state index >= 15 is 0 Å². The molecule has 8 heteroatoms. The van der Waals surface area contributed by atoms with Crippen LogP contribution in [-0.2, 0) is 0 Å². The van der Waals surface area contributed by atoms with Gasteiger partial charge in [0, 0.05) is 6.07 Å². The fourth-order valence-electron chi connectivity index (χ4n) is 2.42. The van der Waals surface area contributed by atoms with Crippen molar-refractivity contribution < 1.29 is 23.6 Å². The standard InChI is InChI=1S/C15H9FN2O5/c1-23-13-7-11(18(21)22)10(16)6-12(13)17-14(19)8-4-2-3-5-9(8)15(17)20/h2-7H,1H3. The van der Waals surface area contributed by atoms with Gasteiger partial charge in [0.05, 0.1) is 34.9 Å². The topological polar surface area (TPSA) is 89.8 Å². The van der Waals surface area contributed by atoms with Crippen LogP contribution in [0, 0.1) is 15.9 Å². The summed E-state index contributed by atoms with van der Waals surface area (Å²) in [7, 11) is 1.21. The van der Waals surface area contributed by atoms with Gasteiger partial charge in [0.1, 0.15) is 5.75 Å². The number of methoxy groups -OCH3 is 1. The van der Waals surface area contributed by atoms with Gasteiger partial charge in [-0.2, -0.15) is 4.39 Å². The molecule has 0 atom stereocenters. The van der Waals surface area contributed by atoms with Crippen molar-refractivity contribution in [3.8, 4) is 5.75 Å². The maximum atomic E-state index is 13.9. The molecule has 7 nitrogen and oxygen atoms in total. The molecule has 0 radical (unpaired) electrons. The quantitative estimate of drug-likeness (QED) is 0.493. The predicted molar refractivity (Wildman–Crippen MR) is 77.2 cm³/mol. The maximum Gasteiger partial charge on any atom is 0.308 e. The number of carbonyl (C=O) groups excluding carboxylic acids is 2. The van der Waals surface area contributed by atoms with Crippen LogP contribution in [0.4, 0.5) is 15.8 Å². The first-order valence-electron chi connectivity index (χ1n) is 6.45. The lowest BCUT2D eigenvalue weighted by molar-refractivity contribution is -0.387. The number of hydrogen-bond donors (Lipinski definition) is 0. The number of nitro benzene ring substituents is 1. The third kappa shape index (κ3) is 2.11. The molecular weight excluding hydrogens is 307 g/mol. The summed E-state index contributed by atoms with van der Waals surface area (Å²) in [5.41, 5.74) is -0.624. The number of amides is 2. The highest BCUT2D eigenvalue weighted by atomic mass is 19.1. The summed E-state index contributed by atoms with van der Waals surface area (Å²) >= 11 is 0. The largest absolute Gasteiger partial charge is 0.494 e. The fraction of sp³-hybridized carbons (Fsp3) is 0.0667. The number of anilines is 1. The lowest BCUT2D eigenvalue weighted by atomic mass is 10.1. The summed E-state index contributed by atoms with van der Waals surface area (Å²) < 4.78 is 18.9. The average molecular weight is 316 g/mol. The van der Waals surface area contributed by atoms with Crippen molar-refractivity contribution in [3.63, 3.8) is 0 Å². The molecule has 0 aromatic heterocycles. The Balaban J connectivity index is 2.17. The van der Waals surface area contributed by atoms with Crippen LogP contribution in [0.3, 0.4) is 0 Å². The molecule has 23 heavy (non-hydrogen) atoms. The zero-order valence-corrected chi connectivity index (χ0v) is 11.8. The van der Waals surface area contributed by atoms with Gasteiger partial charge in [-0.1, -0.05) is 12.1 Å². The highest BCUT2D eigenvalue weighted by molar-refractivity contribution is 6.34. The second kappa shape index (κ2) is 5.16. The Kier molecular flexibility index (Phi) is 3.29. The second-order valence-corrected chi connectivity index (χ2v) is 4.72. The van der Waals surface area contributed by atoms with Crippen molar-refractivity contribution in [1.82, 2.24) is 0 Å². The molecule has 3 rings (SSSR count). The first-order valence-corrected chi connectivity index (χ1v) is 6.45. The summed E-state index contributed by atoms with van der Waals surface area (Å²) in [5.74, 6) is -2.59. The number of carbonyl (C=O) groups is 2. The maximum absolute atomic E-state index is 13.9. The zero-order chi connectivity index (χ0) is 16.7. The Labute approximate surface area is 129 Å². The number of nitrogens with zero attached hydrogens (tertiary/aromatic N) is 2. The van der Waals surface area contributed by atoms with E-state index in [9.17, 15) is 24.1 Å². The lowest BCUT2D eigenvalue weighted by Gasteiger charge is -2.17. The van der Waals surface area contributed by atoms with Crippen LogP contribution in [0.25, 0.3) is 0 Å². The Hall–Kier alpha value is -3.29. The number of nitro groups is 1. The molecule has 0 spiro atoms. The molecule has 0 N–H and O–H groups in total. The number of imide groups is 1. The Morgan fingerprint density at radius 3 is 2.17 bits per heavy atom. The van der Waals surface area contributed by atoms with Crippen LogP contribution < -0.4 is 9.64 Å². The van der Waals surface area contributed by atoms with Crippen molar-refractivity contribution in [2.75, 3.05) is 12.0 Å². The van der Waals surface area contributed by atoms with Crippen LogP contribution in [0.15, 0.2) is 36.4 Å². The van der Waals surface area contributed by atoms with Crippen LogP contribution >= 0.6 is 0 Å². The molecule has 1 aliphatic rings. The van der Waals surface area contributed by atoms with Gasteiger partial charge in [0.2, 0.25) is 5.82 Å². The van der Waals surface area contributed by atoms with Gasteiger partial charge in [0.25, 0.3) is 11.8 Å². The van der Waals surface area contributed by atoms with Crippen molar-refractivity contribution in [1.29, 1.82) is 0 Å². The third-order valence-corrected chi connectivity index (χ3v) is 3.48. The lowest BCUT2D eigenvalue weighted by Crippen LogP contribution is -2.30. The third-order valence-electron chi connectivity index (χ3n) is 3.48. The Bertz CT molecular complexity index is 830. The molecule has 2 aromatic rings. The van der Waals surface area contributed by atoms with Gasteiger partial charge in [-0.3, -0.25) is 19.7 Å². The van der Waals surface area contributed by atoms with Gasteiger partial charge in [-0.15, -0.1) is 0 Å². The molecule has 1 aliphatic heterocycles. The van der Waals surface area contributed by atoms with Gasteiger partial charge in [-0.25, -0.2) is 4.90 Å². The normalized spacial score (nSPS) is 13.2. The van der Waals surface area contributed by atoms with E-state index in [2.05, 4.69) is 0 Å². The van der Waals surface area contributed by atoms with Crippen LogP contribution in [-0.4, -0.2) is 23.8 Å². The summed E-state index contributed by atoms with van der Waals surface area (Å²) in [4.78, 5) is 35.4. The van der Waals surface area contributed by atoms with Crippen molar-refractivity contribution >= 4 is 23.2 Å². The minimum atomic E-state index is -1.16. The SMILES string of the molecule is COc1cc([N+](=O)[O-])c(F)cc1N1C(=O)c2ccccc2C1=O. The van der Waals surface area contributed by atoms with E-state index in [-0.39, 0.29) is 22.6 Å². The van der Waals surface area contributed by atoms with E-state index in [4.69, 9.17) is 4.74 Å². The van der Waals surface area contributed by atoms with Crippen LogP contribution in [0.1, 0.15) is 20.7 Å².